The van der Waals surface area contributed by atoms with Crippen LogP contribution in [0.4, 0.5) is 11.5 Å². The minimum Gasteiger partial charge on any atom is -0.396 e. The highest BCUT2D eigenvalue weighted by molar-refractivity contribution is 5.57. The number of anilines is 2. The smallest absolute Gasteiger partial charge is 0.145 e. The molecule has 5 nitrogen and oxygen atoms in total. The fourth-order valence-corrected chi connectivity index (χ4v) is 1.10. The molecule has 1 aromatic rings. The first-order valence-electron chi connectivity index (χ1n) is 4.27. The zero-order chi connectivity index (χ0) is 10.0. The topological polar surface area (TPSA) is 90.1 Å². The summed E-state index contributed by atoms with van der Waals surface area (Å²) < 4.78 is 1.64. The van der Waals surface area contributed by atoms with Crippen molar-refractivity contribution in [3.8, 4) is 0 Å². The summed E-state index contributed by atoms with van der Waals surface area (Å²) in [6, 6.07) is 0.0577. The van der Waals surface area contributed by atoms with Gasteiger partial charge in [0, 0.05) is 12.5 Å². The molecule has 0 radical (unpaired) electrons. The number of nitrogen functional groups attached to an aromatic ring is 2. The van der Waals surface area contributed by atoms with E-state index in [2.05, 4.69) is 5.10 Å². The van der Waals surface area contributed by atoms with Gasteiger partial charge in [0.2, 0.25) is 0 Å². The number of aliphatic hydroxyl groups is 1. The minimum atomic E-state index is 0.0577. The molecule has 0 saturated heterocycles. The third kappa shape index (κ3) is 1.75. The molecule has 0 fully saturated rings. The summed E-state index contributed by atoms with van der Waals surface area (Å²) in [5.41, 5.74) is 11.7. The molecular formula is C8H16N4O. The molecule has 5 heteroatoms. The van der Waals surface area contributed by atoms with Crippen LogP contribution in [0, 0.1) is 5.92 Å². The predicted octanol–water partition coefficient (Wildman–Crippen LogP) is 0.237. The van der Waals surface area contributed by atoms with Crippen molar-refractivity contribution in [1.82, 2.24) is 9.78 Å². The van der Waals surface area contributed by atoms with E-state index in [0.717, 1.165) is 0 Å². The number of hydrogen-bond acceptors (Lipinski definition) is 4. The number of aliphatic hydroxyl groups excluding tert-OH is 1. The van der Waals surface area contributed by atoms with Crippen molar-refractivity contribution in [3.63, 3.8) is 0 Å². The summed E-state index contributed by atoms with van der Waals surface area (Å²) in [5, 5.41) is 13.0. The summed E-state index contributed by atoms with van der Waals surface area (Å²) in [4.78, 5) is 0. The standard InChI is InChI=1S/C8H16N4O/c1-5(4-13)6(2)12-8(10)7(9)3-11-12/h3,5-6,13H,4,9-10H2,1-2H3. The Labute approximate surface area is 77.3 Å². The van der Waals surface area contributed by atoms with Gasteiger partial charge in [-0.2, -0.15) is 5.10 Å². The van der Waals surface area contributed by atoms with Crippen molar-refractivity contribution in [3.05, 3.63) is 6.20 Å². The molecule has 0 saturated carbocycles. The van der Waals surface area contributed by atoms with Gasteiger partial charge in [-0.15, -0.1) is 0 Å². The summed E-state index contributed by atoms with van der Waals surface area (Å²) in [7, 11) is 0. The Hall–Kier alpha value is -1.23. The number of nitrogens with two attached hydrogens (primary N) is 2. The van der Waals surface area contributed by atoms with E-state index in [1.54, 1.807) is 4.68 Å². The summed E-state index contributed by atoms with van der Waals surface area (Å²) in [6.45, 7) is 3.99. The quantitative estimate of drug-likeness (QED) is 0.627. The molecule has 1 heterocycles. The molecule has 13 heavy (non-hydrogen) atoms. The maximum Gasteiger partial charge on any atom is 0.145 e. The number of hydrogen-bond donors (Lipinski definition) is 3. The van der Waals surface area contributed by atoms with Crippen LogP contribution >= 0.6 is 0 Å². The Morgan fingerprint density at radius 2 is 2.15 bits per heavy atom. The van der Waals surface area contributed by atoms with Gasteiger partial charge in [-0.25, -0.2) is 4.68 Å². The van der Waals surface area contributed by atoms with Crippen LogP contribution in [-0.2, 0) is 0 Å². The molecule has 0 aliphatic carbocycles. The number of rotatable bonds is 3. The summed E-state index contributed by atoms with van der Waals surface area (Å²) >= 11 is 0. The fraction of sp³-hybridized carbons (Fsp3) is 0.625. The fourth-order valence-electron chi connectivity index (χ4n) is 1.10. The minimum absolute atomic E-state index is 0.0577. The van der Waals surface area contributed by atoms with E-state index in [-0.39, 0.29) is 18.6 Å². The predicted molar refractivity (Wildman–Crippen MR) is 52.0 cm³/mol. The monoisotopic (exact) mass is 184 g/mol. The molecular weight excluding hydrogens is 168 g/mol. The maximum atomic E-state index is 8.95. The normalized spacial score (nSPS) is 15.6. The molecule has 2 atom stereocenters. The molecule has 2 unspecified atom stereocenters. The average Bonchev–Trinajstić information content (AvgIpc) is 2.45. The lowest BCUT2D eigenvalue weighted by Crippen LogP contribution is -2.19. The van der Waals surface area contributed by atoms with Crippen LogP contribution in [0.2, 0.25) is 0 Å². The summed E-state index contributed by atoms with van der Waals surface area (Å²) in [6.07, 6.45) is 1.52. The molecule has 0 bridgehead atoms. The lowest BCUT2D eigenvalue weighted by molar-refractivity contribution is 0.192. The van der Waals surface area contributed by atoms with Gasteiger partial charge in [-0.1, -0.05) is 6.92 Å². The van der Waals surface area contributed by atoms with Gasteiger partial charge in [-0.05, 0) is 6.92 Å². The third-order valence-electron chi connectivity index (χ3n) is 2.36. The van der Waals surface area contributed by atoms with E-state index in [1.807, 2.05) is 13.8 Å². The largest absolute Gasteiger partial charge is 0.396 e. The highest BCUT2D eigenvalue weighted by atomic mass is 16.3. The Morgan fingerprint density at radius 3 is 2.54 bits per heavy atom. The number of nitrogens with zero attached hydrogens (tertiary/aromatic N) is 2. The maximum absolute atomic E-state index is 8.95. The second-order valence-corrected chi connectivity index (χ2v) is 3.33. The molecule has 5 N–H and O–H groups in total. The Balaban J connectivity index is 2.88. The van der Waals surface area contributed by atoms with Gasteiger partial charge in [-0.3, -0.25) is 0 Å². The van der Waals surface area contributed by atoms with Crippen LogP contribution in [-0.4, -0.2) is 21.5 Å². The van der Waals surface area contributed by atoms with Crippen molar-refractivity contribution in [2.75, 3.05) is 18.1 Å². The van der Waals surface area contributed by atoms with Crippen LogP contribution in [0.25, 0.3) is 0 Å². The van der Waals surface area contributed by atoms with Gasteiger partial charge in [0.25, 0.3) is 0 Å². The Bertz CT molecular complexity index is 284. The highest BCUT2D eigenvalue weighted by Crippen LogP contribution is 2.22. The molecule has 0 aliphatic heterocycles. The first kappa shape index (κ1) is 9.85. The average molecular weight is 184 g/mol. The van der Waals surface area contributed by atoms with Crippen LogP contribution < -0.4 is 11.5 Å². The first-order chi connectivity index (χ1) is 6.07. The van der Waals surface area contributed by atoms with E-state index < -0.39 is 0 Å². The van der Waals surface area contributed by atoms with Gasteiger partial charge in [0.1, 0.15) is 5.82 Å². The molecule has 0 amide bonds. The van der Waals surface area contributed by atoms with Crippen molar-refractivity contribution in [1.29, 1.82) is 0 Å². The van der Waals surface area contributed by atoms with Crippen molar-refractivity contribution >= 4 is 11.5 Å². The van der Waals surface area contributed by atoms with E-state index in [1.165, 1.54) is 6.20 Å². The second-order valence-electron chi connectivity index (χ2n) is 3.33. The SMILES string of the molecule is CC(CO)C(C)n1ncc(N)c1N. The second kappa shape index (κ2) is 3.66. The molecule has 1 aromatic heterocycles. The molecule has 1 rings (SSSR count). The van der Waals surface area contributed by atoms with Crippen molar-refractivity contribution in [2.24, 2.45) is 5.92 Å². The van der Waals surface area contributed by atoms with Crippen LogP contribution in [0.15, 0.2) is 6.20 Å². The van der Waals surface area contributed by atoms with Crippen LogP contribution in [0.1, 0.15) is 19.9 Å². The molecule has 0 aliphatic rings. The molecule has 0 aromatic carbocycles. The van der Waals surface area contributed by atoms with Crippen molar-refractivity contribution in [2.45, 2.75) is 19.9 Å². The first-order valence-corrected chi connectivity index (χ1v) is 4.27. The van der Waals surface area contributed by atoms with Gasteiger partial charge < -0.3 is 16.6 Å². The van der Waals surface area contributed by atoms with Gasteiger partial charge in [0.15, 0.2) is 0 Å². The highest BCUT2D eigenvalue weighted by Gasteiger charge is 2.16. The van der Waals surface area contributed by atoms with Crippen molar-refractivity contribution < 1.29 is 5.11 Å². The molecule has 0 spiro atoms. The summed E-state index contributed by atoms with van der Waals surface area (Å²) in [5.74, 6) is 0.578. The zero-order valence-corrected chi connectivity index (χ0v) is 7.94. The lowest BCUT2D eigenvalue weighted by Gasteiger charge is -2.19. The molecule has 74 valence electrons. The van der Waals surface area contributed by atoms with Gasteiger partial charge in [0.05, 0.1) is 17.9 Å². The third-order valence-corrected chi connectivity index (χ3v) is 2.36. The Morgan fingerprint density at radius 1 is 1.54 bits per heavy atom. The van der Waals surface area contributed by atoms with Crippen LogP contribution in [0.3, 0.4) is 0 Å². The van der Waals surface area contributed by atoms with E-state index in [0.29, 0.717) is 11.5 Å². The van der Waals surface area contributed by atoms with Gasteiger partial charge >= 0.3 is 0 Å². The van der Waals surface area contributed by atoms with E-state index in [9.17, 15) is 0 Å². The lowest BCUT2D eigenvalue weighted by atomic mass is 10.1. The Kier molecular flexibility index (Phi) is 2.77. The van der Waals surface area contributed by atoms with Crippen LogP contribution in [0.5, 0.6) is 0 Å². The zero-order valence-electron chi connectivity index (χ0n) is 7.94. The number of aromatic nitrogens is 2. The van der Waals surface area contributed by atoms with E-state index >= 15 is 0 Å². The van der Waals surface area contributed by atoms with E-state index in [4.69, 9.17) is 16.6 Å².